The Balaban J connectivity index is 1.33. The van der Waals surface area contributed by atoms with Crippen molar-refractivity contribution in [2.45, 2.75) is 0 Å². The predicted octanol–water partition coefficient (Wildman–Crippen LogP) is 3.11. The number of rotatable bonds is 5. The second-order valence-corrected chi connectivity index (χ2v) is 6.20. The summed E-state index contributed by atoms with van der Waals surface area (Å²) in [7, 11) is 0. The van der Waals surface area contributed by atoms with Gasteiger partial charge in [-0.25, -0.2) is 0 Å². The molecule has 5 nitrogen and oxygen atoms in total. The van der Waals surface area contributed by atoms with Crippen LogP contribution < -0.4 is 15.0 Å². The van der Waals surface area contributed by atoms with E-state index in [9.17, 15) is 4.79 Å². The third kappa shape index (κ3) is 3.42. The molecule has 132 valence electrons. The van der Waals surface area contributed by atoms with Crippen LogP contribution in [0.3, 0.4) is 0 Å². The fourth-order valence-electron chi connectivity index (χ4n) is 3.16. The summed E-state index contributed by atoms with van der Waals surface area (Å²) < 4.78 is 7.67. The van der Waals surface area contributed by atoms with Crippen LogP contribution in [0.15, 0.2) is 73.1 Å². The number of hydrogen-bond acceptors (Lipinski definition) is 3. The number of aromatic nitrogens is 1. The molecule has 2 heterocycles. The minimum atomic E-state index is -0.0504. The molecule has 5 heteroatoms. The largest absolute Gasteiger partial charge is 0.490 e. The van der Waals surface area contributed by atoms with Gasteiger partial charge >= 0.3 is 0 Å². The van der Waals surface area contributed by atoms with Crippen LogP contribution in [0.4, 0.5) is 5.69 Å². The Morgan fingerprint density at radius 1 is 1.00 bits per heavy atom. The molecular formula is C21H21N3O2. The smallest absolute Gasteiger partial charge is 0.251 e. The van der Waals surface area contributed by atoms with E-state index in [2.05, 4.69) is 16.3 Å². The number of anilines is 1. The quantitative estimate of drug-likeness (QED) is 0.771. The number of fused-ring (bicyclic) bond motifs is 1. The van der Waals surface area contributed by atoms with Gasteiger partial charge in [0.15, 0.2) is 0 Å². The van der Waals surface area contributed by atoms with Gasteiger partial charge in [-0.2, -0.15) is 0 Å². The van der Waals surface area contributed by atoms with Gasteiger partial charge in [0.05, 0.1) is 12.2 Å². The van der Waals surface area contributed by atoms with E-state index in [0.29, 0.717) is 18.7 Å². The van der Waals surface area contributed by atoms with Crippen LogP contribution in [0, 0.1) is 0 Å². The average Bonchev–Trinajstić information content (AvgIpc) is 3.23. The molecule has 26 heavy (non-hydrogen) atoms. The Bertz CT molecular complexity index is 873. The number of benzene rings is 2. The first kappa shape index (κ1) is 16.3. The monoisotopic (exact) mass is 347 g/mol. The van der Waals surface area contributed by atoms with E-state index in [1.165, 1.54) is 0 Å². The van der Waals surface area contributed by atoms with Crippen LogP contribution >= 0.6 is 0 Å². The van der Waals surface area contributed by atoms with Crippen LogP contribution in [-0.4, -0.2) is 36.7 Å². The summed E-state index contributed by atoms with van der Waals surface area (Å²) in [5.41, 5.74) is 2.80. The fourth-order valence-corrected chi connectivity index (χ4v) is 3.16. The van der Waals surface area contributed by atoms with Crippen LogP contribution in [0.1, 0.15) is 10.4 Å². The number of nitrogens with zero attached hydrogens (tertiary/aromatic N) is 2. The molecule has 0 radical (unpaired) electrons. The summed E-state index contributed by atoms with van der Waals surface area (Å²) in [4.78, 5) is 14.6. The minimum absolute atomic E-state index is 0.0504. The van der Waals surface area contributed by atoms with Gasteiger partial charge in [0.25, 0.3) is 5.91 Å². The first-order valence-corrected chi connectivity index (χ1v) is 8.80. The Kier molecular flexibility index (Phi) is 4.60. The van der Waals surface area contributed by atoms with Crippen molar-refractivity contribution in [2.24, 2.45) is 0 Å². The van der Waals surface area contributed by atoms with E-state index in [1.54, 1.807) is 0 Å². The van der Waals surface area contributed by atoms with Crippen molar-refractivity contribution in [3.05, 3.63) is 78.6 Å². The molecule has 1 aliphatic rings. The summed E-state index contributed by atoms with van der Waals surface area (Å²) in [5, 5.41) is 3.00. The van der Waals surface area contributed by atoms with Crippen molar-refractivity contribution in [2.75, 3.05) is 31.1 Å². The molecule has 0 fully saturated rings. The van der Waals surface area contributed by atoms with Gasteiger partial charge in [-0.05, 0) is 48.5 Å². The zero-order chi connectivity index (χ0) is 17.8. The SMILES string of the molecule is O=C(NCCN1CCOc2ccccc21)c1ccc(-n2cccc2)cc1. The fraction of sp³-hybridized carbons (Fsp3) is 0.190. The van der Waals surface area contributed by atoms with Crippen molar-refractivity contribution >= 4 is 11.6 Å². The lowest BCUT2D eigenvalue weighted by molar-refractivity contribution is 0.0954. The van der Waals surface area contributed by atoms with E-state index in [4.69, 9.17) is 4.74 Å². The first-order chi connectivity index (χ1) is 12.8. The summed E-state index contributed by atoms with van der Waals surface area (Å²) in [6, 6.07) is 19.6. The molecule has 0 spiro atoms. The third-order valence-corrected chi connectivity index (χ3v) is 4.52. The molecule has 3 aromatic rings. The molecular weight excluding hydrogens is 326 g/mol. The Morgan fingerprint density at radius 2 is 1.77 bits per heavy atom. The second-order valence-electron chi connectivity index (χ2n) is 6.20. The Morgan fingerprint density at radius 3 is 2.58 bits per heavy atom. The van der Waals surface area contributed by atoms with E-state index in [0.717, 1.165) is 30.2 Å². The average molecular weight is 347 g/mol. The molecule has 0 saturated heterocycles. The summed E-state index contributed by atoms with van der Waals surface area (Å²) in [5.74, 6) is 0.858. The second kappa shape index (κ2) is 7.35. The van der Waals surface area contributed by atoms with Crippen molar-refractivity contribution in [3.63, 3.8) is 0 Å². The van der Waals surface area contributed by atoms with Crippen LogP contribution in [0.5, 0.6) is 5.75 Å². The highest BCUT2D eigenvalue weighted by atomic mass is 16.5. The maximum atomic E-state index is 12.4. The molecule has 0 aliphatic carbocycles. The molecule has 0 saturated carbocycles. The predicted molar refractivity (Wildman–Crippen MR) is 102 cm³/mol. The summed E-state index contributed by atoms with van der Waals surface area (Å²) >= 11 is 0. The molecule has 4 rings (SSSR count). The number of ether oxygens (including phenoxy) is 1. The number of amides is 1. The lowest BCUT2D eigenvalue weighted by atomic mass is 10.2. The van der Waals surface area contributed by atoms with Gasteiger partial charge in [-0.3, -0.25) is 4.79 Å². The van der Waals surface area contributed by atoms with Gasteiger partial charge < -0.3 is 19.5 Å². The standard InChI is InChI=1S/C21H21N3O2/c25-21(17-7-9-18(10-8-17)23-12-3-4-13-23)22-11-14-24-15-16-26-20-6-2-1-5-19(20)24/h1-10,12-13H,11,14-16H2,(H,22,25). The number of carbonyl (C=O) groups is 1. The van der Waals surface area contributed by atoms with Crippen molar-refractivity contribution in [1.82, 2.24) is 9.88 Å². The number of carbonyl (C=O) groups excluding carboxylic acids is 1. The zero-order valence-corrected chi connectivity index (χ0v) is 14.5. The van der Waals surface area contributed by atoms with E-state index in [1.807, 2.05) is 71.6 Å². The molecule has 1 amide bonds. The minimum Gasteiger partial charge on any atom is -0.490 e. The Hall–Kier alpha value is -3.21. The van der Waals surface area contributed by atoms with E-state index in [-0.39, 0.29) is 5.91 Å². The molecule has 0 unspecified atom stereocenters. The molecule has 2 aromatic carbocycles. The third-order valence-electron chi connectivity index (χ3n) is 4.52. The topological polar surface area (TPSA) is 46.5 Å². The lowest BCUT2D eigenvalue weighted by Crippen LogP contribution is -2.39. The normalized spacial score (nSPS) is 13.0. The highest BCUT2D eigenvalue weighted by Crippen LogP contribution is 2.30. The van der Waals surface area contributed by atoms with Crippen LogP contribution in [0.25, 0.3) is 5.69 Å². The molecule has 1 aromatic heterocycles. The molecule has 1 N–H and O–H groups in total. The van der Waals surface area contributed by atoms with Gasteiger partial charge in [0, 0.05) is 36.7 Å². The van der Waals surface area contributed by atoms with Crippen molar-refractivity contribution < 1.29 is 9.53 Å². The number of hydrogen-bond donors (Lipinski definition) is 1. The summed E-state index contributed by atoms with van der Waals surface area (Å²) in [6.07, 6.45) is 3.96. The zero-order valence-electron chi connectivity index (χ0n) is 14.5. The molecule has 1 aliphatic heterocycles. The van der Waals surface area contributed by atoms with E-state index >= 15 is 0 Å². The van der Waals surface area contributed by atoms with Crippen molar-refractivity contribution in [3.8, 4) is 11.4 Å². The summed E-state index contributed by atoms with van der Waals surface area (Å²) in [6.45, 7) is 2.85. The maximum Gasteiger partial charge on any atom is 0.251 e. The van der Waals surface area contributed by atoms with Crippen LogP contribution in [0.2, 0.25) is 0 Å². The van der Waals surface area contributed by atoms with Gasteiger partial charge in [0.1, 0.15) is 12.4 Å². The molecule has 0 atom stereocenters. The highest BCUT2D eigenvalue weighted by Gasteiger charge is 2.17. The number of para-hydroxylation sites is 2. The first-order valence-electron chi connectivity index (χ1n) is 8.80. The van der Waals surface area contributed by atoms with E-state index < -0.39 is 0 Å². The maximum absolute atomic E-state index is 12.4. The number of nitrogens with one attached hydrogen (secondary N) is 1. The Labute approximate surface area is 152 Å². The lowest BCUT2D eigenvalue weighted by Gasteiger charge is -2.31. The van der Waals surface area contributed by atoms with Gasteiger partial charge in [0.2, 0.25) is 0 Å². The van der Waals surface area contributed by atoms with Crippen molar-refractivity contribution in [1.29, 1.82) is 0 Å². The highest BCUT2D eigenvalue weighted by molar-refractivity contribution is 5.94. The van der Waals surface area contributed by atoms with Crippen LogP contribution in [-0.2, 0) is 0 Å². The van der Waals surface area contributed by atoms with Gasteiger partial charge in [-0.1, -0.05) is 12.1 Å². The molecule has 0 bridgehead atoms. The van der Waals surface area contributed by atoms with Gasteiger partial charge in [-0.15, -0.1) is 0 Å².